The summed E-state index contributed by atoms with van der Waals surface area (Å²) in [6.45, 7) is 5.21. The van der Waals surface area contributed by atoms with Gasteiger partial charge in [-0.15, -0.1) is 0 Å². The first kappa shape index (κ1) is 24.1. The van der Waals surface area contributed by atoms with E-state index in [1.165, 1.54) is 33.3 Å². The molecule has 36 heavy (non-hydrogen) atoms. The molecule has 3 aromatic carbocycles. The molecular formula is C27H26O9. The molecule has 1 aromatic heterocycles. The summed E-state index contributed by atoms with van der Waals surface area (Å²) in [7, 11) is 2.92. The Morgan fingerprint density at radius 3 is 2.31 bits per heavy atom. The number of phenolic OH excluding ortho intramolecular Hbond substituents is 1. The minimum atomic E-state index is -1.39. The molecule has 0 aliphatic carbocycles. The lowest BCUT2D eigenvalue weighted by Gasteiger charge is -2.20. The molecule has 4 N–H and O–H groups in total. The SMILES string of the molecule is C=Cc1cc(OC)c2c(c1)c(=O)oc1c2cc(OC)c2c(O)ccc([C@H]3O[C@@H]([C@H](C)O)[C@H](O)[C@H]3O)c21. The Morgan fingerprint density at radius 2 is 1.69 bits per heavy atom. The summed E-state index contributed by atoms with van der Waals surface area (Å²) in [5.74, 6) is 0.538. The molecule has 2 heterocycles. The number of benzene rings is 3. The van der Waals surface area contributed by atoms with E-state index in [4.69, 9.17) is 18.6 Å². The van der Waals surface area contributed by atoms with Crippen LogP contribution >= 0.6 is 0 Å². The van der Waals surface area contributed by atoms with Gasteiger partial charge in [-0.25, -0.2) is 4.79 Å². The molecule has 9 heteroatoms. The van der Waals surface area contributed by atoms with Crippen molar-refractivity contribution in [3.63, 3.8) is 0 Å². The summed E-state index contributed by atoms with van der Waals surface area (Å²) in [6, 6.07) is 7.94. The molecule has 1 aliphatic rings. The Morgan fingerprint density at radius 1 is 1.00 bits per heavy atom. The highest BCUT2D eigenvalue weighted by Gasteiger charge is 2.46. The highest BCUT2D eigenvalue weighted by Crippen LogP contribution is 2.47. The zero-order valence-electron chi connectivity index (χ0n) is 19.9. The van der Waals surface area contributed by atoms with Crippen LogP contribution in [0.3, 0.4) is 0 Å². The van der Waals surface area contributed by atoms with Crippen molar-refractivity contribution in [2.45, 2.75) is 37.4 Å². The van der Waals surface area contributed by atoms with Crippen LogP contribution in [0.5, 0.6) is 17.2 Å². The summed E-state index contributed by atoms with van der Waals surface area (Å²) in [5.41, 5.74) is 0.475. The Kier molecular flexibility index (Phi) is 5.88. The summed E-state index contributed by atoms with van der Waals surface area (Å²) >= 11 is 0. The zero-order valence-corrected chi connectivity index (χ0v) is 19.9. The van der Waals surface area contributed by atoms with E-state index in [9.17, 15) is 25.2 Å². The van der Waals surface area contributed by atoms with Crippen LogP contribution in [0.15, 0.2) is 46.1 Å². The summed E-state index contributed by atoms with van der Waals surface area (Å²) in [4.78, 5) is 13.2. The van der Waals surface area contributed by atoms with Crippen molar-refractivity contribution in [1.82, 2.24) is 0 Å². The normalized spacial score (nSPS) is 22.8. The van der Waals surface area contributed by atoms with Crippen molar-refractivity contribution in [2.24, 2.45) is 0 Å². The van der Waals surface area contributed by atoms with Gasteiger partial charge in [-0.05, 0) is 42.3 Å². The van der Waals surface area contributed by atoms with Crippen molar-refractivity contribution < 1.29 is 39.1 Å². The van der Waals surface area contributed by atoms with Gasteiger partial charge < -0.3 is 39.1 Å². The second-order valence-electron chi connectivity index (χ2n) is 8.86. The fourth-order valence-electron chi connectivity index (χ4n) is 5.06. The molecule has 1 saturated heterocycles. The second-order valence-corrected chi connectivity index (χ2v) is 8.86. The van der Waals surface area contributed by atoms with E-state index in [0.29, 0.717) is 27.6 Å². The Balaban J connectivity index is 1.95. The number of aromatic hydroxyl groups is 1. The molecule has 5 rings (SSSR count). The van der Waals surface area contributed by atoms with Gasteiger partial charge in [0.15, 0.2) is 0 Å². The molecule has 1 aliphatic heterocycles. The number of fused-ring (bicyclic) bond motifs is 5. The maximum Gasteiger partial charge on any atom is 0.344 e. The molecule has 0 amide bonds. The number of hydrogen-bond donors (Lipinski definition) is 4. The van der Waals surface area contributed by atoms with Crippen LogP contribution in [0, 0.1) is 0 Å². The lowest BCUT2D eigenvalue weighted by atomic mass is 9.92. The molecule has 4 aromatic rings. The van der Waals surface area contributed by atoms with Crippen LogP contribution in [0.25, 0.3) is 38.6 Å². The first-order chi connectivity index (χ1) is 17.2. The van der Waals surface area contributed by atoms with Gasteiger partial charge in [0, 0.05) is 16.2 Å². The van der Waals surface area contributed by atoms with E-state index in [1.54, 1.807) is 24.3 Å². The second kappa shape index (κ2) is 8.79. The fraction of sp³-hybridized carbons (Fsp3) is 0.296. The van der Waals surface area contributed by atoms with E-state index in [1.807, 2.05) is 0 Å². The molecule has 0 unspecified atom stereocenters. The average Bonchev–Trinajstić information content (AvgIpc) is 3.17. The molecule has 1 fully saturated rings. The first-order valence-electron chi connectivity index (χ1n) is 11.3. The minimum absolute atomic E-state index is 0.115. The van der Waals surface area contributed by atoms with Gasteiger partial charge in [0.25, 0.3) is 0 Å². The number of aliphatic hydroxyl groups is 3. The number of rotatable bonds is 5. The van der Waals surface area contributed by atoms with E-state index in [0.717, 1.165) is 0 Å². The molecule has 0 saturated carbocycles. The van der Waals surface area contributed by atoms with Gasteiger partial charge in [-0.3, -0.25) is 0 Å². The number of hydrogen-bond acceptors (Lipinski definition) is 9. The van der Waals surface area contributed by atoms with E-state index in [2.05, 4.69) is 6.58 Å². The molecule has 5 atom stereocenters. The number of phenols is 1. The molecule has 188 valence electrons. The van der Waals surface area contributed by atoms with Gasteiger partial charge in [-0.2, -0.15) is 0 Å². The van der Waals surface area contributed by atoms with Gasteiger partial charge in [0.1, 0.15) is 47.2 Å². The summed E-state index contributed by atoms with van der Waals surface area (Å²) in [5, 5.41) is 43.8. The van der Waals surface area contributed by atoms with Crippen molar-refractivity contribution >= 4 is 38.6 Å². The predicted molar refractivity (Wildman–Crippen MR) is 134 cm³/mol. The molecule has 0 radical (unpaired) electrons. The summed E-state index contributed by atoms with van der Waals surface area (Å²) in [6.07, 6.45) is -4.36. The van der Waals surface area contributed by atoms with E-state index >= 15 is 0 Å². The Bertz CT molecular complexity index is 1570. The Labute approximate surface area is 205 Å². The van der Waals surface area contributed by atoms with Crippen LogP contribution in [-0.4, -0.2) is 59.1 Å². The molecule has 9 nitrogen and oxygen atoms in total. The number of aliphatic hydroxyl groups excluding tert-OH is 3. The standard InChI is InChI=1S/C27H26O9/c1-5-12-8-15-19(17(9-12)33-3)14-10-18(34-4)21-16(29)7-6-13(20(21)25(14)36-27(15)32)26-23(31)22(30)24(35-26)11(2)28/h5-11,22-24,26,28-31H,1H2,2-4H3/t11-,22+,23+,24-,26+/m0/s1. The first-order valence-corrected chi connectivity index (χ1v) is 11.3. The highest BCUT2D eigenvalue weighted by molar-refractivity contribution is 6.19. The van der Waals surface area contributed by atoms with E-state index in [-0.39, 0.29) is 33.2 Å². The lowest BCUT2D eigenvalue weighted by Crippen LogP contribution is -2.36. The monoisotopic (exact) mass is 494 g/mol. The predicted octanol–water partition coefficient (Wildman–Crippen LogP) is 3.01. The van der Waals surface area contributed by atoms with Crippen LogP contribution in [0.4, 0.5) is 0 Å². The van der Waals surface area contributed by atoms with Gasteiger partial charge in [-0.1, -0.05) is 18.7 Å². The lowest BCUT2D eigenvalue weighted by molar-refractivity contribution is -0.0586. The molecular weight excluding hydrogens is 468 g/mol. The van der Waals surface area contributed by atoms with Crippen molar-refractivity contribution in [1.29, 1.82) is 0 Å². The largest absolute Gasteiger partial charge is 0.507 e. The van der Waals surface area contributed by atoms with Crippen molar-refractivity contribution in [2.75, 3.05) is 14.2 Å². The van der Waals surface area contributed by atoms with Gasteiger partial charge in [0.05, 0.1) is 31.1 Å². The minimum Gasteiger partial charge on any atom is -0.507 e. The third kappa shape index (κ3) is 3.43. The third-order valence-corrected chi connectivity index (χ3v) is 6.78. The van der Waals surface area contributed by atoms with Gasteiger partial charge >= 0.3 is 5.63 Å². The smallest absolute Gasteiger partial charge is 0.344 e. The van der Waals surface area contributed by atoms with Crippen LogP contribution in [0.1, 0.15) is 24.2 Å². The zero-order chi connectivity index (χ0) is 25.9. The van der Waals surface area contributed by atoms with Crippen molar-refractivity contribution in [3.05, 3.63) is 58.5 Å². The maximum absolute atomic E-state index is 13.2. The quantitative estimate of drug-likeness (QED) is 0.244. The maximum atomic E-state index is 13.2. The fourth-order valence-corrected chi connectivity index (χ4v) is 5.06. The molecule has 0 spiro atoms. The topological polar surface area (TPSA) is 139 Å². The average molecular weight is 494 g/mol. The van der Waals surface area contributed by atoms with Crippen LogP contribution < -0.4 is 15.1 Å². The summed E-state index contributed by atoms with van der Waals surface area (Å²) < 4.78 is 22.9. The van der Waals surface area contributed by atoms with Crippen LogP contribution in [0.2, 0.25) is 0 Å². The van der Waals surface area contributed by atoms with Crippen molar-refractivity contribution in [3.8, 4) is 17.2 Å². The highest BCUT2D eigenvalue weighted by atomic mass is 16.6. The number of methoxy groups -OCH3 is 2. The Hall–Kier alpha value is -3.63. The molecule has 0 bridgehead atoms. The number of ether oxygens (including phenoxy) is 3. The van der Waals surface area contributed by atoms with Crippen LogP contribution in [-0.2, 0) is 4.74 Å². The van der Waals surface area contributed by atoms with Gasteiger partial charge in [0.2, 0.25) is 0 Å². The third-order valence-electron chi connectivity index (χ3n) is 6.78. The van der Waals surface area contributed by atoms with E-state index < -0.39 is 36.1 Å².